The van der Waals surface area contributed by atoms with E-state index < -0.39 is 0 Å². The molecule has 0 spiro atoms. The first-order valence-electron chi connectivity index (χ1n) is 5.38. The largest absolute Gasteiger partial charge is 0.506 e. The molecular weight excluding hydrogens is 394 g/mol. The normalized spacial score (nSPS) is 10.9. The number of aromatic nitrogens is 3. The Morgan fingerprint density at radius 3 is 2.60 bits per heavy atom. The molecule has 1 aromatic carbocycles. The van der Waals surface area contributed by atoms with Crippen molar-refractivity contribution in [2.45, 2.75) is 6.92 Å². The molecule has 0 saturated heterocycles. The maximum Gasteiger partial charge on any atom is 0.274 e. The number of H-pyrrole nitrogens is 1. The maximum absolute atomic E-state index is 11.3. The summed E-state index contributed by atoms with van der Waals surface area (Å²) >= 11 is 6.44. The van der Waals surface area contributed by atoms with Crippen molar-refractivity contribution >= 4 is 44.0 Å². The summed E-state index contributed by atoms with van der Waals surface area (Å²) in [4.78, 5) is 13.8. The van der Waals surface area contributed by atoms with Crippen LogP contribution in [0, 0.1) is 6.92 Å². The van der Waals surface area contributed by atoms with Gasteiger partial charge in [0.05, 0.1) is 15.2 Å². The quantitative estimate of drug-likeness (QED) is 0.539. The van der Waals surface area contributed by atoms with Gasteiger partial charge in [0.25, 0.3) is 5.56 Å². The Labute approximate surface area is 130 Å². The standard InChI is InChI=1S/C11H9Br2N5O2/c1-5-10(20)15-11(18-16-5)17-14-4-6-2-7(12)9(19)8(13)3-6/h2-4,19H,1H3,(H2,15,17,18,20)/b14-4+. The number of anilines is 1. The minimum Gasteiger partial charge on any atom is -0.506 e. The van der Waals surface area contributed by atoms with Crippen molar-refractivity contribution in [3.05, 3.63) is 42.7 Å². The second-order valence-electron chi connectivity index (χ2n) is 3.79. The van der Waals surface area contributed by atoms with Crippen LogP contribution in [-0.2, 0) is 0 Å². The van der Waals surface area contributed by atoms with Gasteiger partial charge in [-0.05, 0) is 56.5 Å². The van der Waals surface area contributed by atoms with E-state index in [1.165, 1.54) is 6.21 Å². The average Bonchev–Trinajstić information content (AvgIpc) is 2.40. The van der Waals surface area contributed by atoms with Crippen molar-refractivity contribution in [3.8, 4) is 5.75 Å². The van der Waals surface area contributed by atoms with E-state index in [-0.39, 0.29) is 23.0 Å². The number of nitrogens with one attached hydrogen (secondary N) is 2. The van der Waals surface area contributed by atoms with Gasteiger partial charge in [-0.25, -0.2) is 5.43 Å². The number of hydrogen-bond acceptors (Lipinski definition) is 6. The second-order valence-corrected chi connectivity index (χ2v) is 5.50. The molecule has 7 nitrogen and oxygen atoms in total. The molecule has 0 atom stereocenters. The summed E-state index contributed by atoms with van der Waals surface area (Å²) in [5.74, 6) is 0.262. The minimum absolute atomic E-state index is 0.115. The first-order valence-corrected chi connectivity index (χ1v) is 6.96. The first-order chi connectivity index (χ1) is 9.47. The molecule has 2 aromatic rings. The Balaban J connectivity index is 2.14. The topological polar surface area (TPSA) is 103 Å². The van der Waals surface area contributed by atoms with E-state index in [1.807, 2.05) is 0 Å². The zero-order chi connectivity index (χ0) is 14.7. The van der Waals surface area contributed by atoms with Crippen molar-refractivity contribution < 1.29 is 5.11 Å². The van der Waals surface area contributed by atoms with Crippen molar-refractivity contribution in [2.75, 3.05) is 5.43 Å². The van der Waals surface area contributed by atoms with Crippen LogP contribution in [0.3, 0.4) is 0 Å². The van der Waals surface area contributed by atoms with E-state index in [9.17, 15) is 9.90 Å². The summed E-state index contributed by atoms with van der Waals surface area (Å²) in [6.07, 6.45) is 1.51. The summed E-state index contributed by atoms with van der Waals surface area (Å²) < 4.78 is 1.08. The number of nitrogens with zero attached hydrogens (tertiary/aromatic N) is 3. The highest BCUT2D eigenvalue weighted by Crippen LogP contribution is 2.32. The Bertz CT molecular complexity index is 706. The van der Waals surface area contributed by atoms with Crippen LogP contribution in [-0.4, -0.2) is 26.5 Å². The smallest absolute Gasteiger partial charge is 0.274 e. The van der Waals surface area contributed by atoms with Gasteiger partial charge in [-0.2, -0.15) is 5.10 Å². The highest BCUT2D eigenvalue weighted by atomic mass is 79.9. The van der Waals surface area contributed by atoms with Gasteiger partial charge in [-0.15, -0.1) is 10.2 Å². The molecular formula is C11H9Br2N5O2. The molecule has 0 unspecified atom stereocenters. The van der Waals surface area contributed by atoms with Gasteiger partial charge in [0, 0.05) is 0 Å². The fourth-order valence-electron chi connectivity index (χ4n) is 1.27. The van der Waals surface area contributed by atoms with Crippen LogP contribution < -0.4 is 11.0 Å². The average molecular weight is 403 g/mol. The number of aromatic amines is 1. The second kappa shape index (κ2) is 6.14. The van der Waals surface area contributed by atoms with Crippen molar-refractivity contribution in [2.24, 2.45) is 5.10 Å². The summed E-state index contributed by atoms with van der Waals surface area (Å²) in [7, 11) is 0. The highest BCUT2D eigenvalue weighted by Gasteiger charge is 2.04. The van der Waals surface area contributed by atoms with Crippen molar-refractivity contribution in [1.29, 1.82) is 0 Å². The molecule has 0 bridgehead atoms. The number of hydrazone groups is 1. The molecule has 0 fully saturated rings. The monoisotopic (exact) mass is 401 g/mol. The lowest BCUT2D eigenvalue weighted by Crippen LogP contribution is -2.15. The molecule has 9 heteroatoms. The molecule has 0 aliphatic rings. The Morgan fingerprint density at radius 2 is 2.00 bits per heavy atom. The highest BCUT2D eigenvalue weighted by molar-refractivity contribution is 9.11. The van der Waals surface area contributed by atoms with Crippen molar-refractivity contribution in [3.63, 3.8) is 0 Å². The summed E-state index contributed by atoms with van der Waals surface area (Å²) in [5, 5.41) is 20.9. The molecule has 0 aliphatic heterocycles. The molecule has 0 radical (unpaired) electrons. The zero-order valence-corrected chi connectivity index (χ0v) is 13.4. The zero-order valence-electron chi connectivity index (χ0n) is 10.2. The number of benzene rings is 1. The van der Waals surface area contributed by atoms with E-state index >= 15 is 0 Å². The van der Waals surface area contributed by atoms with Gasteiger partial charge in [-0.1, -0.05) is 0 Å². The first kappa shape index (κ1) is 14.7. The molecule has 1 aromatic heterocycles. The van der Waals surface area contributed by atoms with E-state index in [2.05, 4.69) is 57.6 Å². The van der Waals surface area contributed by atoms with Gasteiger partial charge < -0.3 is 5.11 Å². The van der Waals surface area contributed by atoms with Gasteiger partial charge in [-0.3, -0.25) is 9.78 Å². The number of hydrogen-bond donors (Lipinski definition) is 3. The Hall–Kier alpha value is -1.74. The van der Waals surface area contributed by atoms with E-state index in [4.69, 9.17) is 0 Å². The van der Waals surface area contributed by atoms with Crippen LogP contribution in [0.2, 0.25) is 0 Å². The number of rotatable bonds is 3. The number of phenolic OH excluding ortho intramolecular Hbond substituents is 1. The lowest BCUT2D eigenvalue weighted by atomic mass is 10.2. The van der Waals surface area contributed by atoms with Gasteiger partial charge in [0.15, 0.2) is 0 Å². The molecule has 104 valence electrons. The van der Waals surface area contributed by atoms with Gasteiger partial charge in [0.2, 0.25) is 5.95 Å². The summed E-state index contributed by atoms with van der Waals surface area (Å²) in [5.41, 5.74) is 3.25. The SMILES string of the molecule is Cc1nnc(N/N=C/c2cc(Br)c(O)c(Br)c2)[nH]c1=O. The van der Waals surface area contributed by atoms with E-state index in [0.29, 0.717) is 8.95 Å². The molecule has 0 aliphatic carbocycles. The number of halogens is 2. The predicted molar refractivity (Wildman–Crippen MR) is 82.1 cm³/mol. The van der Waals surface area contributed by atoms with Crippen LogP contribution in [0.25, 0.3) is 0 Å². The summed E-state index contributed by atoms with van der Waals surface area (Å²) in [6.45, 7) is 1.56. The fourth-order valence-corrected chi connectivity index (χ4v) is 2.49. The summed E-state index contributed by atoms with van der Waals surface area (Å²) in [6, 6.07) is 3.38. The Morgan fingerprint density at radius 1 is 1.35 bits per heavy atom. The third kappa shape index (κ3) is 3.42. The van der Waals surface area contributed by atoms with Crippen LogP contribution in [0.4, 0.5) is 5.95 Å². The van der Waals surface area contributed by atoms with Crippen LogP contribution >= 0.6 is 31.9 Å². The third-order valence-corrected chi connectivity index (χ3v) is 3.49. The van der Waals surface area contributed by atoms with Crippen molar-refractivity contribution in [1.82, 2.24) is 15.2 Å². The van der Waals surface area contributed by atoms with E-state index in [1.54, 1.807) is 19.1 Å². The molecule has 3 N–H and O–H groups in total. The van der Waals surface area contributed by atoms with Crippen LogP contribution in [0.1, 0.15) is 11.3 Å². The fraction of sp³-hybridized carbons (Fsp3) is 0.0909. The molecule has 2 rings (SSSR count). The number of aromatic hydroxyl groups is 1. The molecule has 1 heterocycles. The van der Waals surface area contributed by atoms with Crippen LogP contribution in [0.15, 0.2) is 31.0 Å². The van der Waals surface area contributed by atoms with Gasteiger partial charge in [0.1, 0.15) is 11.4 Å². The number of aryl methyl sites for hydroxylation is 1. The molecule has 0 amide bonds. The molecule has 20 heavy (non-hydrogen) atoms. The lowest BCUT2D eigenvalue weighted by molar-refractivity contribution is 0.468. The third-order valence-electron chi connectivity index (χ3n) is 2.28. The molecule has 0 saturated carbocycles. The van der Waals surface area contributed by atoms with E-state index in [0.717, 1.165) is 5.56 Å². The number of phenols is 1. The lowest BCUT2D eigenvalue weighted by Gasteiger charge is -2.02. The maximum atomic E-state index is 11.3. The van der Waals surface area contributed by atoms with Crippen LogP contribution in [0.5, 0.6) is 5.75 Å². The Kier molecular flexibility index (Phi) is 4.50. The van der Waals surface area contributed by atoms with Gasteiger partial charge >= 0.3 is 0 Å². The predicted octanol–water partition coefficient (Wildman–Crippen LogP) is 2.15. The minimum atomic E-state index is -0.326.